The van der Waals surface area contributed by atoms with E-state index >= 15 is 0 Å². The van der Waals surface area contributed by atoms with Crippen LogP contribution in [0.25, 0.3) is 0 Å². The minimum absolute atomic E-state index is 0.107. The fourth-order valence-corrected chi connectivity index (χ4v) is 2.35. The van der Waals surface area contributed by atoms with Gasteiger partial charge in [-0.05, 0) is 66.8 Å². The third-order valence-electron chi connectivity index (χ3n) is 3.83. The summed E-state index contributed by atoms with van der Waals surface area (Å²) in [7, 11) is 0. The van der Waals surface area contributed by atoms with Gasteiger partial charge in [0.25, 0.3) is 0 Å². The zero-order valence-electron chi connectivity index (χ0n) is 12.8. The Morgan fingerprint density at radius 2 is 1.95 bits per heavy atom. The summed E-state index contributed by atoms with van der Waals surface area (Å²) in [5.41, 5.74) is 9.77. The standard InChI is InChI=1S/C17H27NO/c1-12-9-16(19-11-13-5-6-13)15(17(2,3)4)10-14(12)7-8-18/h9-10,13H,5-8,11,18H2,1-4H3. The Bertz CT molecular complexity index is 441. The zero-order valence-corrected chi connectivity index (χ0v) is 12.8. The number of rotatable bonds is 5. The molecule has 19 heavy (non-hydrogen) atoms. The number of hydrogen-bond donors (Lipinski definition) is 1. The maximum Gasteiger partial charge on any atom is 0.123 e. The van der Waals surface area contributed by atoms with Gasteiger partial charge in [0.2, 0.25) is 0 Å². The summed E-state index contributed by atoms with van der Waals surface area (Å²) in [6.45, 7) is 10.5. The van der Waals surface area contributed by atoms with Gasteiger partial charge in [0, 0.05) is 0 Å². The average molecular weight is 261 g/mol. The van der Waals surface area contributed by atoms with Gasteiger partial charge in [-0.25, -0.2) is 0 Å². The number of ether oxygens (including phenoxy) is 1. The van der Waals surface area contributed by atoms with E-state index < -0.39 is 0 Å². The van der Waals surface area contributed by atoms with E-state index in [9.17, 15) is 0 Å². The highest BCUT2D eigenvalue weighted by Gasteiger charge is 2.25. The largest absolute Gasteiger partial charge is 0.493 e. The summed E-state index contributed by atoms with van der Waals surface area (Å²) in [5.74, 6) is 1.86. The van der Waals surface area contributed by atoms with Crippen molar-refractivity contribution < 1.29 is 4.74 Å². The van der Waals surface area contributed by atoms with E-state index in [1.807, 2.05) is 0 Å². The first kappa shape index (κ1) is 14.4. The van der Waals surface area contributed by atoms with Crippen LogP contribution in [0.2, 0.25) is 0 Å². The van der Waals surface area contributed by atoms with Crippen molar-refractivity contribution in [1.29, 1.82) is 0 Å². The minimum Gasteiger partial charge on any atom is -0.493 e. The summed E-state index contributed by atoms with van der Waals surface area (Å²) in [6, 6.07) is 4.50. The maximum absolute atomic E-state index is 6.07. The molecule has 0 bridgehead atoms. The van der Waals surface area contributed by atoms with Crippen molar-refractivity contribution in [2.24, 2.45) is 11.7 Å². The number of nitrogens with two attached hydrogens (primary N) is 1. The van der Waals surface area contributed by atoms with Crippen molar-refractivity contribution in [3.8, 4) is 5.75 Å². The van der Waals surface area contributed by atoms with Gasteiger partial charge >= 0.3 is 0 Å². The van der Waals surface area contributed by atoms with E-state index in [4.69, 9.17) is 10.5 Å². The van der Waals surface area contributed by atoms with Gasteiger partial charge in [-0.15, -0.1) is 0 Å². The molecule has 0 spiro atoms. The maximum atomic E-state index is 6.07. The van der Waals surface area contributed by atoms with E-state index in [1.54, 1.807) is 0 Å². The lowest BCUT2D eigenvalue weighted by molar-refractivity contribution is 0.291. The van der Waals surface area contributed by atoms with Gasteiger partial charge < -0.3 is 10.5 Å². The molecule has 1 saturated carbocycles. The van der Waals surface area contributed by atoms with Gasteiger partial charge in [-0.1, -0.05) is 26.8 Å². The molecule has 2 heteroatoms. The monoisotopic (exact) mass is 261 g/mol. The SMILES string of the molecule is Cc1cc(OCC2CC2)c(C(C)(C)C)cc1CCN. The molecule has 106 valence electrons. The van der Waals surface area contributed by atoms with Crippen LogP contribution in [0.4, 0.5) is 0 Å². The third-order valence-corrected chi connectivity index (χ3v) is 3.83. The van der Waals surface area contributed by atoms with Crippen LogP contribution in [0.15, 0.2) is 12.1 Å². The molecule has 1 fully saturated rings. The molecule has 2 N–H and O–H groups in total. The fraction of sp³-hybridized carbons (Fsp3) is 0.647. The molecular formula is C17H27NO. The van der Waals surface area contributed by atoms with Crippen LogP contribution in [-0.4, -0.2) is 13.2 Å². The molecule has 1 aliphatic carbocycles. The van der Waals surface area contributed by atoms with E-state index in [0.717, 1.165) is 24.7 Å². The van der Waals surface area contributed by atoms with Crippen molar-refractivity contribution in [2.75, 3.05) is 13.2 Å². The average Bonchev–Trinajstić information content (AvgIpc) is 3.12. The van der Waals surface area contributed by atoms with E-state index in [0.29, 0.717) is 6.54 Å². The predicted octanol–water partition coefficient (Wildman–Crippen LogP) is 3.58. The van der Waals surface area contributed by atoms with Crippen LogP contribution >= 0.6 is 0 Å². The van der Waals surface area contributed by atoms with Crippen LogP contribution in [0, 0.1) is 12.8 Å². The molecule has 1 aromatic carbocycles. The lowest BCUT2D eigenvalue weighted by Gasteiger charge is -2.25. The number of hydrogen-bond acceptors (Lipinski definition) is 2. The molecule has 0 saturated heterocycles. The van der Waals surface area contributed by atoms with Gasteiger partial charge in [-0.2, -0.15) is 0 Å². The Morgan fingerprint density at radius 1 is 1.26 bits per heavy atom. The molecule has 1 aliphatic rings. The van der Waals surface area contributed by atoms with Gasteiger partial charge in [-0.3, -0.25) is 0 Å². The second kappa shape index (κ2) is 5.54. The van der Waals surface area contributed by atoms with E-state index in [2.05, 4.69) is 39.8 Å². The van der Waals surface area contributed by atoms with Crippen LogP contribution in [0.1, 0.15) is 50.3 Å². The van der Waals surface area contributed by atoms with Crippen molar-refractivity contribution in [3.63, 3.8) is 0 Å². The Balaban J connectivity index is 2.29. The molecule has 0 unspecified atom stereocenters. The van der Waals surface area contributed by atoms with Crippen LogP contribution in [0.5, 0.6) is 5.75 Å². The minimum atomic E-state index is 0.107. The highest BCUT2D eigenvalue weighted by Crippen LogP contribution is 2.36. The molecule has 2 nitrogen and oxygen atoms in total. The summed E-state index contributed by atoms with van der Waals surface area (Å²) in [4.78, 5) is 0. The summed E-state index contributed by atoms with van der Waals surface area (Å²) >= 11 is 0. The highest BCUT2D eigenvalue weighted by atomic mass is 16.5. The quantitative estimate of drug-likeness (QED) is 0.879. The summed E-state index contributed by atoms with van der Waals surface area (Å²) in [5, 5.41) is 0. The van der Waals surface area contributed by atoms with Crippen molar-refractivity contribution in [2.45, 2.75) is 52.4 Å². The van der Waals surface area contributed by atoms with Crippen LogP contribution in [-0.2, 0) is 11.8 Å². The molecule has 0 amide bonds. The van der Waals surface area contributed by atoms with E-state index in [-0.39, 0.29) is 5.41 Å². The smallest absolute Gasteiger partial charge is 0.123 e. The second-order valence-corrected chi connectivity index (χ2v) is 6.82. The summed E-state index contributed by atoms with van der Waals surface area (Å²) < 4.78 is 6.07. The Morgan fingerprint density at radius 3 is 2.47 bits per heavy atom. The van der Waals surface area contributed by atoms with Crippen molar-refractivity contribution >= 4 is 0 Å². The fourth-order valence-electron chi connectivity index (χ4n) is 2.35. The second-order valence-electron chi connectivity index (χ2n) is 6.82. The van der Waals surface area contributed by atoms with Gasteiger partial charge in [0.05, 0.1) is 6.61 Å². The normalized spacial score (nSPS) is 15.6. The molecule has 1 aromatic rings. The molecule has 2 rings (SSSR count). The Labute approximate surface area is 117 Å². The zero-order chi connectivity index (χ0) is 14.0. The molecule has 0 aliphatic heterocycles. The lowest BCUT2D eigenvalue weighted by Crippen LogP contribution is -2.16. The van der Waals surface area contributed by atoms with Gasteiger partial charge in [0.15, 0.2) is 0 Å². The van der Waals surface area contributed by atoms with Crippen LogP contribution in [0.3, 0.4) is 0 Å². The van der Waals surface area contributed by atoms with Crippen molar-refractivity contribution in [3.05, 3.63) is 28.8 Å². The molecule has 0 aromatic heterocycles. The van der Waals surface area contributed by atoms with Crippen LogP contribution < -0.4 is 10.5 Å². The molecule has 0 radical (unpaired) electrons. The first-order valence-electron chi connectivity index (χ1n) is 7.38. The first-order chi connectivity index (χ1) is 8.91. The topological polar surface area (TPSA) is 35.2 Å². The lowest BCUT2D eigenvalue weighted by atomic mass is 9.84. The van der Waals surface area contributed by atoms with E-state index in [1.165, 1.54) is 29.5 Å². The third kappa shape index (κ3) is 3.73. The van der Waals surface area contributed by atoms with Gasteiger partial charge in [0.1, 0.15) is 5.75 Å². The van der Waals surface area contributed by atoms with Crippen molar-refractivity contribution in [1.82, 2.24) is 0 Å². The molecule has 0 heterocycles. The summed E-state index contributed by atoms with van der Waals surface area (Å²) in [6.07, 6.45) is 3.60. The Kier molecular flexibility index (Phi) is 4.19. The highest BCUT2D eigenvalue weighted by molar-refractivity contribution is 5.45. The number of aryl methyl sites for hydroxylation is 1. The molecule has 0 atom stereocenters. The predicted molar refractivity (Wildman–Crippen MR) is 80.9 cm³/mol. The molecular weight excluding hydrogens is 234 g/mol. The first-order valence-corrected chi connectivity index (χ1v) is 7.38. The Hall–Kier alpha value is -1.02. The number of benzene rings is 1.